The van der Waals surface area contributed by atoms with E-state index in [9.17, 15) is 9.59 Å². The van der Waals surface area contributed by atoms with E-state index in [4.69, 9.17) is 9.47 Å². The standard InChI is InChI=1S/C39H51N5O4/c1-26-19-31(13-18-37(26)47-3)28-9-7-27(8-10-28)22-43(35-6-4-5-30(20-35)32-21-41-44(23-32)34-14-15-34)38(45)29-11-16-36(17-12-29)48-39(46)42-24-33(25-42)40-2/h4-6,13,18-21,23,27-29,33-34,36,40H,7-12,14-17,22,24-25H2,1-3H3. The average Bonchev–Trinajstić information content (AvgIpc) is 3.82. The van der Waals surface area contributed by atoms with Crippen molar-refractivity contribution in [2.45, 2.75) is 95.2 Å². The molecule has 0 unspecified atom stereocenters. The van der Waals surface area contributed by atoms with Gasteiger partial charge in [0.1, 0.15) is 11.9 Å². The fourth-order valence-corrected chi connectivity index (χ4v) is 7.97. The Kier molecular flexibility index (Phi) is 9.76. The lowest BCUT2D eigenvalue weighted by Crippen LogP contribution is -2.59. The number of carbonyl (C=O) groups excluding carboxylic acids is 2. The molecular formula is C39H51N5O4. The minimum atomic E-state index is -0.222. The van der Waals surface area contributed by atoms with E-state index < -0.39 is 0 Å². The Morgan fingerprint density at radius 2 is 1.71 bits per heavy atom. The maximum Gasteiger partial charge on any atom is 0.410 e. The summed E-state index contributed by atoms with van der Waals surface area (Å²) in [7, 11) is 3.65. The Morgan fingerprint density at radius 3 is 2.40 bits per heavy atom. The highest BCUT2D eigenvalue weighted by atomic mass is 16.6. The second-order valence-electron chi connectivity index (χ2n) is 14.6. The van der Waals surface area contributed by atoms with Gasteiger partial charge in [-0.15, -0.1) is 0 Å². The summed E-state index contributed by atoms with van der Waals surface area (Å²) in [6.07, 6.45) is 13.5. The van der Waals surface area contributed by atoms with Crippen LogP contribution in [0.2, 0.25) is 0 Å². The van der Waals surface area contributed by atoms with Crippen LogP contribution in [-0.2, 0) is 9.53 Å². The van der Waals surface area contributed by atoms with E-state index in [1.165, 1.54) is 24.0 Å². The van der Waals surface area contributed by atoms with E-state index in [1.54, 1.807) is 12.0 Å². The molecule has 4 fully saturated rings. The van der Waals surface area contributed by atoms with Crippen LogP contribution in [0.15, 0.2) is 54.9 Å². The molecule has 1 saturated heterocycles. The van der Waals surface area contributed by atoms with Gasteiger partial charge < -0.3 is 24.6 Å². The summed E-state index contributed by atoms with van der Waals surface area (Å²) >= 11 is 0. The van der Waals surface area contributed by atoms with Crippen LogP contribution < -0.4 is 15.0 Å². The molecule has 9 heteroatoms. The van der Waals surface area contributed by atoms with Gasteiger partial charge in [0.2, 0.25) is 5.91 Å². The number of carbonyl (C=O) groups is 2. The van der Waals surface area contributed by atoms with Crippen LogP contribution in [0.5, 0.6) is 5.75 Å². The van der Waals surface area contributed by atoms with Crippen molar-refractivity contribution in [1.82, 2.24) is 20.0 Å². The maximum atomic E-state index is 14.4. The number of ether oxygens (including phenoxy) is 2. The summed E-state index contributed by atoms with van der Waals surface area (Å²) in [5.74, 6) is 2.06. The van der Waals surface area contributed by atoms with Crippen molar-refractivity contribution >= 4 is 17.7 Å². The monoisotopic (exact) mass is 653 g/mol. The zero-order chi connectivity index (χ0) is 33.2. The highest BCUT2D eigenvalue weighted by molar-refractivity contribution is 5.95. The predicted octanol–water partition coefficient (Wildman–Crippen LogP) is 7.11. The number of benzene rings is 2. The normalized spacial score (nSPS) is 24.5. The number of amides is 2. The lowest BCUT2D eigenvalue weighted by Gasteiger charge is -2.39. The molecule has 7 rings (SSSR count). The molecule has 48 heavy (non-hydrogen) atoms. The fraction of sp³-hybridized carbons (Fsp3) is 0.564. The second kappa shape index (κ2) is 14.3. The number of likely N-dealkylation sites (tertiary alicyclic amines) is 1. The van der Waals surface area contributed by atoms with E-state index in [0.717, 1.165) is 80.5 Å². The Hall–Kier alpha value is -3.85. The van der Waals surface area contributed by atoms with Crippen molar-refractivity contribution in [3.05, 3.63) is 66.0 Å². The quantitative estimate of drug-likeness (QED) is 0.251. The molecule has 1 aromatic heterocycles. The van der Waals surface area contributed by atoms with E-state index in [2.05, 4.69) is 75.6 Å². The Bertz CT molecular complexity index is 1580. The smallest absolute Gasteiger partial charge is 0.410 e. The number of aromatic nitrogens is 2. The minimum Gasteiger partial charge on any atom is -0.496 e. The molecule has 0 radical (unpaired) electrons. The number of methoxy groups -OCH3 is 1. The molecule has 0 bridgehead atoms. The van der Waals surface area contributed by atoms with Gasteiger partial charge in [0, 0.05) is 49.0 Å². The SMILES string of the molecule is CNC1CN(C(=O)OC2CCC(C(=O)N(CC3CCC(c4ccc(OC)c(C)c4)CC3)c3cccc(-c4cnn(C5CC5)c4)c3)CC2)C1. The van der Waals surface area contributed by atoms with Gasteiger partial charge in [0.25, 0.3) is 0 Å². The number of nitrogens with one attached hydrogen (secondary N) is 1. The zero-order valence-electron chi connectivity index (χ0n) is 28.8. The van der Waals surface area contributed by atoms with E-state index in [-0.39, 0.29) is 24.0 Å². The highest BCUT2D eigenvalue weighted by Gasteiger charge is 2.36. The average molecular weight is 654 g/mol. The first-order valence-corrected chi connectivity index (χ1v) is 18.1. The van der Waals surface area contributed by atoms with Crippen molar-refractivity contribution in [3.63, 3.8) is 0 Å². The summed E-state index contributed by atoms with van der Waals surface area (Å²) in [6.45, 7) is 4.24. The van der Waals surface area contributed by atoms with Gasteiger partial charge in [-0.25, -0.2) is 4.79 Å². The number of nitrogens with zero attached hydrogens (tertiary/aromatic N) is 4. The van der Waals surface area contributed by atoms with Gasteiger partial charge >= 0.3 is 6.09 Å². The molecule has 2 aromatic carbocycles. The number of hydrogen-bond donors (Lipinski definition) is 1. The van der Waals surface area contributed by atoms with Crippen molar-refractivity contribution < 1.29 is 19.1 Å². The first-order chi connectivity index (χ1) is 23.4. The largest absolute Gasteiger partial charge is 0.496 e. The third kappa shape index (κ3) is 7.26. The van der Waals surface area contributed by atoms with Gasteiger partial charge in [-0.3, -0.25) is 9.48 Å². The highest BCUT2D eigenvalue weighted by Crippen LogP contribution is 2.40. The van der Waals surface area contributed by atoms with Crippen LogP contribution in [-0.4, -0.2) is 72.6 Å². The van der Waals surface area contributed by atoms with Gasteiger partial charge in [0.15, 0.2) is 0 Å². The number of anilines is 1. The summed E-state index contributed by atoms with van der Waals surface area (Å²) in [6, 6.07) is 16.0. The lowest BCUT2D eigenvalue weighted by atomic mass is 9.78. The summed E-state index contributed by atoms with van der Waals surface area (Å²) in [5, 5.41) is 7.82. The Labute approximate surface area is 285 Å². The van der Waals surface area contributed by atoms with Crippen LogP contribution in [0.4, 0.5) is 10.5 Å². The van der Waals surface area contributed by atoms with Gasteiger partial charge in [-0.2, -0.15) is 5.10 Å². The van der Waals surface area contributed by atoms with Gasteiger partial charge in [-0.1, -0.05) is 24.3 Å². The van der Waals surface area contributed by atoms with E-state index in [1.807, 2.05) is 13.2 Å². The molecular weight excluding hydrogens is 602 g/mol. The lowest BCUT2D eigenvalue weighted by molar-refractivity contribution is -0.124. The van der Waals surface area contributed by atoms with Crippen molar-refractivity contribution in [1.29, 1.82) is 0 Å². The van der Waals surface area contributed by atoms with Gasteiger partial charge in [-0.05, 0) is 125 Å². The topological polar surface area (TPSA) is 88.9 Å². The molecule has 9 nitrogen and oxygen atoms in total. The van der Waals surface area contributed by atoms with Crippen LogP contribution in [0, 0.1) is 18.8 Å². The van der Waals surface area contributed by atoms with Crippen LogP contribution in [0.25, 0.3) is 11.1 Å². The molecule has 0 spiro atoms. The van der Waals surface area contributed by atoms with Crippen molar-refractivity contribution in [2.75, 3.05) is 38.7 Å². The Morgan fingerprint density at radius 1 is 0.938 bits per heavy atom. The van der Waals surface area contributed by atoms with Crippen LogP contribution in [0.1, 0.15) is 87.3 Å². The summed E-state index contributed by atoms with van der Waals surface area (Å²) in [5.41, 5.74) is 5.74. The molecule has 2 heterocycles. The first-order valence-electron chi connectivity index (χ1n) is 18.1. The molecule has 3 saturated carbocycles. The third-order valence-electron chi connectivity index (χ3n) is 11.3. The van der Waals surface area contributed by atoms with Crippen molar-refractivity contribution in [2.24, 2.45) is 11.8 Å². The number of hydrogen-bond acceptors (Lipinski definition) is 6. The number of likely N-dealkylation sites (N-methyl/N-ethyl adjacent to an activating group) is 1. The number of aryl methyl sites for hydroxylation is 1. The fourth-order valence-electron chi connectivity index (χ4n) is 7.97. The molecule has 0 atom stereocenters. The second-order valence-corrected chi connectivity index (χ2v) is 14.6. The molecule has 1 aliphatic heterocycles. The maximum absolute atomic E-state index is 14.4. The third-order valence-corrected chi connectivity index (χ3v) is 11.3. The van der Waals surface area contributed by atoms with Crippen molar-refractivity contribution in [3.8, 4) is 16.9 Å². The molecule has 1 N–H and O–H groups in total. The van der Waals surface area contributed by atoms with E-state index in [0.29, 0.717) is 37.0 Å². The molecule has 3 aliphatic carbocycles. The number of rotatable bonds is 10. The van der Waals surface area contributed by atoms with Crippen LogP contribution >= 0.6 is 0 Å². The molecule has 2 amide bonds. The minimum absolute atomic E-state index is 0.0717. The van der Waals surface area contributed by atoms with Gasteiger partial charge in [0.05, 0.1) is 19.3 Å². The Balaban J connectivity index is 1.03. The molecule has 256 valence electrons. The summed E-state index contributed by atoms with van der Waals surface area (Å²) < 4.78 is 13.4. The first kappa shape index (κ1) is 32.7. The predicted molar refractivity (Wildman–Crippen MR) is 187 cm³/mol. The molecule has 3 aromatic rings. The summed E-state index contributed by atoms with van der Waals surface area (Å²) in [4.78, 5) is 30.9. The zero-order valence-corrected chi connectivity index (χ0v) is 28.8. The molecule has 4 aliphatic rings. The van der Waals surface area contributed by atoms with E-state index >= 15 is 0 Å². The van der Waals surface area contributed by atoms with Crippen LogP contribution in [0.3, 0.4) is 0 Å².